The number of ketones is 1. The van der Waals surface area contributed by atoms with Gasteiger partial charge in [-0.05, 0) is 37.0 Å². The molecule has 0 saturated carbocycles. The van der Waals surface area contributed by atoms with Gasteiger partial charge in [-0.15, -0.1) is 0 Å². The fourth-order valence-corrected chi connectivity index (χ4v) is 4.49. The zero-order chi connectivity index (χ0) is 21.6. The third-order valence-corrected chi connectivity index (χ3v) is 5.88. The van der Waals surface area contributed by atoms with Gasteiger partial charge in [-0.2, -0.15) is 0 Å². The van der Waals surface area contributed by atoms with E-state index >= 15 is 0 Å². The van der Waals surface area contributed by atoms with Gasteiger partial charge in [0.25, 0.3) is 0 Å². The Hall–Kier alpha value is -3.29. The molecule has 0 unspecified atom stereocenters. The second-order valence-electron chi connectivity index (χ2n) is 7.64. The van der Waals surface area contributed by atoms with E-state index in [-0.39, 0.29) is 18.5 Å². The lowest BCUT2D eigenvalue weighted by Gasteiger charge is -2.38. The van der Waals surface area contributed by atoms with Gasteiger partial charge in [0, 0.05) is 22.9 Å². The predicted molar refractivity (Wildman–Crippen MR) is 104 cm³/mol. The lowest BCUT2D eigenvalue weighted by molar-refractivity contribution is -0.151. The summed E-state index contributed by atoms with van der Waals surface area (Å²) < 4.78 is 20.8. The second-order valence-corrected chi connectivity index (χ2v) is 7.64. The van der Waals surface area contributed by atoms with Crippen LogP contribution >= 0.6 is 0 Å². The molecule has 3 aliphatic rings. The largest absolute Gasteiger partial charge is 0.468 e. The Labute approximate surface area is 173 Å². The van der Waals surface area contributed by atoms with Crippen LogP contribution in [0.15, 0.2) is 40.7 Å². The summed E-state index contributed by atoms with van der Waals surface area (Å²) in [6, 6.07) is 5.30. The van der Waals surface area contributed by atoms with Crippen molar-refractivity contribution in [1.82, 2.24) is 5.32 Å². The van der Waals surface area contributed by atoms with Crippen LogP contribution < -0.4 is 14.8 Å². The highest BCUT2D eigenvalue weighted by atomic mass is 16.7. The standard InChI is InChI=1S/C22H23NO7/c1-10-7-13-19(20(24)16(10)21(25)27-3)18(17(11(2)23-13)22(26)28-4)12-5-6-14-15(8-12)30-9-29-14/h5-6,8,10,16,18,23H,7,9H2,1-4H3/t10-,16+,18+/m0/s1. The summed E-state index contributed by atoms with van der Waals surface area (Å²) >= 11 is 0. The van der Waals surface area contributed by atoms with E-state index in [9.17, 15) is 14.4 Å². The normalized spacial score (nSPS) is 24.9. The quantitative estimate of drug-likeness (QED) is 0.595. The molecule has 0 saturated heterocycles. The van der Waals surface area contributed by atoms with Crippen molar-refractivity contribution in [2.45, 2.75) is 26.2 Å². The summed E-state index contributed by atoms with van der Waals surface area (Å²) in [5.74, 6) is -2.19. The first-order chi connectivity index (χ1) is 14.4. The number of fused-ring (bicyclic) bond motifs is 1. The van der Waals surface area contributed by atoms with Crippen LogP contribution in [0.2, 0.25) is 0 Å². The highest BCUT2D eigenvalue weighted by molar-refractivity contribution is 6.12. The minimum absolute atomic E-state index is 0.110. The van der Waals surface area contributed by atoms with Gasteiger partial charge in [0.15, 0.2) is 17.3 Å². The average Bonchev–Trinajstić information content (AvgIpc) is 3.19. The van der Waals surface area contributed by atoms with Crippen LogP contribution in [0.4, 0.5) is 0 Å². The van der Waals surface area contributed by atoms with Crippen LogP contribution in [0.3, 0.4) is 0 Å². The van der Waals surface area contributed by atoms with E-state index in [1.165, 1.54) is 14.2 Å². The van der Waals surface area contributed by atoms with Crippen LogP contribution in [0, 0.1) is 11.8 Å². The molecule has 0 spiro atoms. The fraction of sp³-hybridized carbons (Fsp3) is 0.409. The first-order valence-corrected chi connectivity index (χ1v) is 9.68. The minimum atomic E-state index is -0.927. The van der Waals surface area contributed by atoms with Crippen LogP contribution in [0.5, 0.6) is 11.5 Å². The van der Waals surface area contributed by atoms with Crippen molar-refractivity contribution < 1.29 is 33.3 Å². The van der Waals surface area contributed by atoms with Crippen LogP contribution in [-0.4, -0.2) is 38.7 Å². The number of hydrogen-bond acceptors (Lipinski definition) is 8. The summed E-state index contributed by atoms with van der Waals surface area (Å²) in [5.41, 5.74) is 2.70. The third-order valence-electron chi connectivity index (χ3n) is 5.88. The second kappa shape index (κ2) is 7.51. The Kier molecular flexibility index (Phi) is 5.01. The Morgan fingerprint density at radius 1 is 1.13 bits per heavy atom. The van der Waals surface area contributed by atoms with Crippen molar-refractivity contribution in [2.75, 3.05) is 21.0 Å². The van der Waals surface area contributed by atoms with Crippen molar-refractivity contribution in [3.8, 4) is 11.5 Å². The third kappa shape index (κ3) is 3.03. The van der Waals surface area contributed by atoms with Crippen LogP contribution in [0.25, 0.3) is 0 Å². The maximum Gasteiger partial charge on any atom is 0.336 e. The Morgan fingerprint density at radius 2 is 1.87 bits per heavy atom. The lowest BCUT2D eigenvalue weighted by Crippen LogP contribution is -2.43. The number of ether oxygens (including phenoxy) is 4. The molecule has 1 aliphatic carbocycles. The first kappa shape index (κ1) is 20.0. The number of methoxy groups -OCH3 is 2. The molecule has 3 atom stereocenters. The number of Topliss-reactive ketones (excluding diaryl/α,β-unsaturated/α-hetero) is 1. The number of allylic oxidation sites excluding steroid dienone is 3. The number of hydrogen-bond donors (Lipinski definition) is 1. The minimum Gasteiger partial charge on any atom is -0.468 e. The van der Waals surface area contributed by atoms with Gasteiger partial charge >= 0.3 is 11.9 Å². The van der Waals surface area contributed by atoms with Gasteiger partial charge in [0.05, 0.1) is 19.8 Å². The van der Waals surface area contributed by atoms with E-state index in [4.69, 9.17) is 18.9 Å². The van der Waals surface area contributed by atoms with E-state index in [0.717, 1.165) is 0 Å². The number of dihydropyridines is 1. The molecule has 0 radical (unpaired) electrons. The predicted octanol–water partition coefficient (Wildman–Crippen LogP) is 2.20. The number of rotatable bonds is 3. The van der Waals surface area contributed by atoms with Crippen molar-refractivity contribution in [3.63, 3.8) is 0 Å². The van der Waals surface area contributed by atoms with E-state index < -0.39 is 23.8 Å². The summed E-state index contributed by atoms with van der Waals surface area (Å²) in [6.07, 6.45) is 0.480. The summed E-state index contributed by atoms with van der Waals surface area (Å²) in [4.78, 5) is 38.6. The van der Waals surface area contributed by atoms with E-state index in [2.05, 4.69) is 5.32 Å². The summed E-state index contributed by atoms with van der Waals surface area (Å²) in [6.45, 7) is 3.73. The van der Waals surface area contributed by atoms with Gasteiger partial charge in [-0.3, -0.25) is 9.59 Å². The van der Waals surface area contributed by atoms with Crippen LogP contribution in [0.1, 0.15) is 31.7 Å². The fourth-order valence-electron chi connectivity index (χ4n) is 4.49. The van der Waals surface area contributed by atoms with E-state index in [1.807, 2.05) is 6.92 Å². The van der Waals surface area contributed by atoms with Crippen molar-refractivity contribution in [2.24, 2.45) is 11.8 Å². The molecule has 1 N–H and O–H groups in total. The lowest BCUT2D eigenvalue weighted by atomic mass is 9.69. The highest BCUT2D eigenvalue weighted by Crippen LogP contribution is 2.47. The Bertz CT molecular complexity index is 1010. The van der Waals surface area contributed by atoms with Gasteiger partial charge in [-0.25, -0.2) is 4.79 Å². The molecule has 158 valence electrons. The molecule has 1 aromatic rings. The van der Waals surface area contributed by atoms with Crippen molar-refractivity contribution in [1.29, 1.82) is 0 Å². The number of esters is 2. The molecule has 0 bridgehead atoms. The average molecular weight is 413 g/mol. The zero-order valence-corrected chi connectivity index (χ0v) is 17.2. The Morgan fingerprint density at radius 3 is 2.57 bits per heavy atom. The van der Waals surface area contributed by atoms with Crippen molar-refractivity contribution in [3.05, 3.63) is 46.3 Å². The summed E-state index contributed by atoms with van der Waals surface area (Å²) in [5, 5.41) is 3.20. The van der Waals surface area contributed by atoms with E-state index in [1.54, 1.807) is 25.1 Å². The molecule has 8 heteroatoms. The molecule has 2 aliphatic heterocycles. The van der Waals surface area contributed by atoms with Gasteiger partial charge in [-0.1, -0.05) is 13.0 Å². The van der Waals surface area contributed by atoms with Crippen LogP contribution in [-0.2, 0) is 23.9 Å². The maximum atomic E-state index is 13.5. The molecule has 8 nitrogen and oxygen atoms in total. The van der Waals surface area contributed by atoms with Gasteiger partial charge in [0.2, 0.25) is 6.79 Å². The molecule has 0 amide bonds. The molecule has 0 fully saturated rings. The van der Waals surface area contributed by atoms with Gasteiger partial charge in [0.1, 0.15) is 5.92 Å². The zero-order valence-electron chi connectivity index (χ0n) is 17.2. The van der Waals surface area contributed by atoms with Gasteiger partial charge < -0.3 is 24.3 Å². The highest BCUT2D eigenvalue weighted by Gasteiger charge is 2.47. The summed E-state index contributed by atoms with van der Waals surface area (Å²) in [7, 11) is 2.57. The van der Waals surface area contributed by atoms with Crippen molar-refractivity contribution >= 4 is 17.7 Å². The molecular weight excluding hydrogens is 390 g/mol. The smallest absolute Gasteiger partial charge is 0.336 e. The number of nitrogens with one attached hydrogen (secondary N) is 1. The molecule has 1 aromatic carbocycles. The monoisotopic (exact) mass is 413 g/mol. The van der Waals surface area contributed by atoms with E-state index in [0.29, 0.717) is 46.0 Å². The molecular formula is C22H23NO7. The molecule has 2 heterocycles. The number of benzene rings is 1. The maximum absolute atomic E-state index is 13.5. The SMILES string of the molecule is COC(=O)C1=C(C)NC2=C(C(=O)[C@H](C(=O)OC)[C@@H](C)C2)[C@@H]1c1ccc2c(c1)OCO2. The molecule has 4 rings (SSSR count). The number of carbonyl (C=O) groups excluding carboxylic acids is 3. The number of carbonyl (C=O) groups is 3. The Balaban J connectivity index is 1.88. The first-order valence-electron chi connectivity index (χ1n) is 9.68. The topological polar surface area (TPSA) is 100 Å². The molecule has 30 heavy (non-hydrogen) atoms. The molecule has 0 aromatic heterocycles.